The molecule has 0 aliphatic heterocycles. The summed E-state index contributed by atoms with van der Waals surface area (Å²) in [6.07, 6.45) is 12.0. The van der Waals surface area contributed by atoms with Crippen molar-refractivity contribution in [2.75, 3.05) is 0 Å². The highest BCUT2D eigenvalue weighted by atomic mass is 15.0. The van der Waals surface area contributed by atoms with E-state index >= 15 is 0 Å². The van der Waals surface area contributed by atoms with Crippen LogP contribution in [0.15, 0.2) is 62.2 Å². The Bertz CT molecular complexity index is 473. The molecule has 2 aromatic heterocycles. The molecule has 0 radical (unpaired) electrons. The van der Waals surface area contributed by atoms with Crippen molar-refractivity contribution in [3.63, 3.8) is 0 Å². The molecular formula is C16H18N2+2. The summed E-state index contributed by atoms with van der Waals surface area (Å²) < 4.78 is 4.34. The fraction of sp³-hybridized carbons (Fsp3) is 0.125. The van der Waals surface area contributed by atoms with Gasteiger partial charge in [0.15, 0.2) is 24.8 Å². The maximum absolute atomic E-state index is 3.75. The molecule has 0 bridgehead atoms. The van der Waals surface area contributed by atoms with Crippen molar-refractivity contribution in [1.82, 2.24) is 0 Å². The van der Waals surface area contributed by atoms with E-state index in [4.69, 9.17) is 0 Å². The fourth-order valence-corrected chi connectivity index (χ4v) is 1.74. The van der Waals surface area contributed by atoms with Gasteiger partial charge in [-0.05, 0) is 11.1 Å². The lowest BCUT2D eigenvalue weighted by atomic mass is 10.2. The molecule has 2 aromatic rings. The van der Waals surface area contributed by atoms with Crippen LogP contribution >= 0.6 is 0 Å². The molecule has 0 aliphatic rings. The number of rotatable bonds is 5. The van der Waals surface area contributed by atoms with Crippen LogP contribution in [0.4, 0.5) is 0 Å². The minimum Gasteiger partial charge on any atom is -0.198 e. The second-order valence-corrected chi connectivity index (χ2v) is 4.15. The van der Waals surface area contributed by atoms with Gasteiger partial charge in [0.25, 0.3) is 0 Å². The van der Waals surface area contributed by atoms with Crippen LogP contribution in [0.3, 0.4) is 0 Å². The van der Waals surface area contributed by atoms with E-state index in [-0.39, 0.29) is 0 Å². The highest BCUT2D eigenvalue weighted by Crippen LogP contribution is 1.96. The monoisotopic (exact) mass is 238 g/mol. The van der Waals surface area contributed by atoms with Crippen LogP contribution in [0.25, 0.3) is 12.2 Å². The van der Waals surface area contributed by atoms with Crippen LogP contribution in [0.1, 0.15) is 11.1 Å². The van der Waals surface area contributed by atoms with E-state index in [1.165, 1.54) is 0 Å². The first-order valence-electron chi connectivity index (χ1n) is 6.05. The summed E-state index contributed by atoms with van der Waals surface area (Å²) in [7, 11) is 0. The molecular weight excluding hydrogens is 220 g/mol. The number of aromatic nitrogens is 2. The Kier molecular flexibility index (Phi) is 4.02. The van der Waals surface area contributed by atoms with Crippen LogP contribution < -0.4 is 9.13 Å². The minimum atomic E-state index is 0.954. The maximum atomic E-state index is 3.75. The number of aryl methyl sites for hydroxylation is 2. The highest BCUT2D eigenvalue weighted by Gasteiger charge is 2.05. The summed E-state index contributed by atoms with van der Waals surface area (Å²) in [4.78, 5) is 0. The van der Waals surface area contributed by atoms with Gasteiger partial charge in [-0.1, -0.05) is 25.3 Å². The Morgan fingerprint density at radius 1 is 0.722 bits per heavy atom. The molecule has 90 valence electrons. The summed E-state index contributed by atoms with van der Waals surface area (Å²) in [5, 5.41) is 0. The lowest BCUT2D eigenvalue weighted by Crippen LogP contribution is -2.43. The number of hydrogen-bond acceptors (Lipinski definition) is 0. The third-order valence-electron chi connectivity index (χ3n) is 2.92. The summed E-state index contributed by atoms with van der Waals surface area (Å²) in [6, 6.07) is 8.27. The lowest BCUT2D eigenvalue weighted by molar-refractivity contribution is -0.778. The molecule has 0 amide bonds. The van der Waals surface area contributed by atoms with Crippen molar-refractivity contribution >= 4 is 12.2 Å². The summed E-state index contributed by atoms with van der Waals surface area (Å²) in [6.45, 7) is 9.41. The predicted molar refractivity (Wildman–Crippen MR) is 73.5 cm³/mol. The molecule has 2 heteroatoms. The standard InChI is InChI=1S/C16H18N2/c1-3-15-5-9-17(10-6-15)13-14-18-11-7-16(4-2)8-12-18/h3-12H,1-2,13-14H2/q+2. The van der Waals surface area contributed by atoms with Crippen LogP contribution in [0.2, 0.25) is 0 Å². The van der Waals surface area contributed by atoms with E-state index in [9.17, 15) is 0 Å². The molecule has 0 spiro atoms. The van der Waals surface area contributed by atoms with Crippen molar-refractivity contribution in [3.8, 4) is 0 Å². The second kappa shape index (κ2) is 5.92. The highest BCUT2D eigenvalue weighted by molar-refractivity contribution is 5.44. The Morgan fingerprint density at radius 3 is 1.33 bits per heavy atom. The van der Waals surface area contributed by atoms with Gasteiger partial charge in [0.1, 0.15) is 0 Å². The smallest absolute Gasteiger partial charge is 0.198 e. The molecule has 0 saturated carbocycles. The van der Waals surface area contributed by atoms with Gasteiger partial charge < -0.3 is 0 Å². The molecule has 0 aromatic carbocycles. The number of pyridine rings is 2. The summed E-state index contributed by atoms with van der Waals surface area (Å²) in [5.41, 5.74) is 2.29. The van der Waals surface area contributed by atoms with Crippen LogP contribution in [0.5, 0.6) is 0 Å². The molecule has 2 rings (SSSR count). The van der Waals surface area contributed by atoms with Gasteiger partial charge in [-0.2, -0.15) is 9.13 Å². The first kappa shape index (κ1) is 12.2. The van der Waals surface area contributed by atoms with E-state index in [0.29, 0.717) is 0 Å². The van der Waals surface area contributed by atoms with E-state index in [2.05, 4.69) is 71.3 Å². The zero-order valence-corrected chi connectivity index (χ0v) is 10.5. The second-order valence-electron chi connectivity index (χ2n) is 4.15. The van der Waals surface area contributed by atoms with Crippen molar-refractivity contribution in [2.24, 2.45) is 0 Å². The van der Waals surface area contributed by atoms with Gasteiger partial charge >= 0.3 is 0 Å². The SMILES string of the molecule is C=Cc1cc[n+](CC[n+]2ccc(C=C)cc2)cc1. The van der Waals surface area contributed by atoms with Crippen molar-refractivity contribution in [3.05, 3.63) is 73.3 Å². The van der Waals surface area contributed by atoms with Crippen molar-refractivity contribution in [1.29, 1.82) is 0 Å². The maximum Gasteiger partial charge on any atom is 0.206 e. The van der Waals surface area contributed by atoms with Gasteiger partial charge in [0.2, 0.25) is 13.1 Å². The van der Waals surface area contributed by atoms with E-state index < -0.39 is 0 Å². The third-order valence-corrected chi connectivity index (χ3v) is 2.92. The molecule has 0 unspecified atom stereocenters. The molecule has 0 aliphatic carbocycles. The van der Waals surface area contributed by atoms with Gasteiger partial charge in [-0.25, -0.2) is 0 Å². The zero-order valence-electron chi connectivity index (χ0n) is 10.5. The lowest BCUT2D eigenvalue weighted by Gasteiger charge is -1.97. The van der Waals surface area contributed by atoms with Gasteiger partial charge in [-0.3, -0.25) is 0 Å². The van der Waals surface area contributed by atoms with E-state index in [0.717, 1.165) is 24.2 Å². The largest absolute Gasteiger partial charge is 0.206 e. The molecule has 0 atom stereocenters. The Labute approximate surface area is 108 Å². The van der Waals surface area contributed by atoms with E-state index in [1.807, 2.05) is 12.2 Å². The number of nitrogens with zero attached hydrogens (tertiary/aromatic N) is 2. The molecule has 2 nitrogen and oxygen atoms in total. The van der Waals surface area contributed by atoms with E-state index in [1.54, 1.807) is 0 Å². The predicted octanol–water partition coefficient (Wildman–Crippen LogP) is 2.25. The molecule has 0 saturated heterocycles. The third kappa shape index (κ3) is 3.14. The van der Waals surface area contributed by atoms with Gasteiger partial charge in [0.05, 0.1) is 0 Å². The average molecular weight is 238 g/mol. The summed E-state index contributed by atoms with van der Waals surface area (Å²) in [5.74, 6) is 0. The Morgan fingerprint density at radius 2 is 1.06 bits per heavy atom. The molecule has 2 heterocycles. The van der Waals surface area contributed by atoms with Gasteiger partial charge in [0, 0.05) is 24.3 Å². The topological polar surface area (TPSA) is 7.76 Å². The molecule has 0 N–H and O–H groups in total. The van der Waals surface area contributed by atoms with Crippen LogP contribution in [0, 0.1) is 0 Å². The average Bonchev–Trinajstić information content (AvgIpc) is 2.46. The summed E-state index contributed by atoms with van der Waals surface area (Å²) >= 11 is 0. The quantitative estimate of drug-likeness (QED) is 0.706. The van der Waals surface area contributed by atoms with Crippen molar-refractivity contribution < 1.29 is 9.13 Å². The molecule has 18 heavy (non-hydrogen) atoms. The van der Waals surface area contributed by atoms with Crippen LogP contribution in [-0.2, 0) is 13.1 Å². The first-order valence-corrected chi connectivity index (χ1v) is 6.05. The normalized spacial score (nSPS) is 10.0. The minimum absolute atomic E-state index is 0.954. The Balaban J connectivity index is 1.97. The Hall–Kier alpha value is -2.22. The molecule has 0 fully saturated rings. The zero-order chi connectivity index (χ0) is 12.8. The van der Waals surface area contributed by atoms with Crippen LogP contribution in [-0.4, -0.2) is 0 Å². The number of hydrogen-bond donors (Lipinski definition) is 0. The first-order chi connectivity index (χ1) is 8.81. The van der Waals surface area contributed by atoms with Gasteiger partial charge in [-0.15, -0.1) is 0 Å². The van der Waals surface area contributed by atoms with Crippen molar-refractivity contribution in [2.45, 2.75) is 13.1 Å². The fourth-order valence-electron chi connectivity index (χ4n) is 1.74.